The molecule has 0 aliphatic carbocycles. The van der Waals surface area contributed by atoms with Crippen LogP contribution < -0.4 is 9.47 Å². The van der Waals surface area contributed by atoms with E-state index in [-0.39, 0.29) is 12.4 Å². The fourth-order valence-electron chi connectivity index (χ4n) is 2.36. The average Bonchev–Trinajstić information content (AvgIpc) is 2.65. The fraction of sp³-hybridized carbons (Fsp3) is 0.474. The van der Waals surface area contributed by atoms with E-state index in [1.165, 1.54) is 7.11 Å². The van der Waals surface area contributed by atoms with Gasteiger partial charge in [-0.1, -0.05) is 6.08 Å². The van der Waals surface area contributed by atoms with Gasteiger partial charge < -0.3 is 23.7 Å². The van der Waals surface area contributed by atoms with E-state index in [4.69, 9.17) is 23.7 Å². The highest BCUT2D eigenvalue weighted by molar-refractivity contribution is 5.94. The van der Waals surface area contributed by atoms with E-state index >= 15 is 0 Å². The number of benzene rings is 1. The first-order chi connectivity index (χ1) is 12.5. The van der Waals surface area contributed by atoms with Crippen LogP contribution in [0.5, 0.6) is 11.5 Å². The zero-order valence-electron chi connectivity index (χ0n) is 15.9. The number of hydrogen-bond acceptors (Lipinski definition) is 7. The SMILES string of the molecule is COCCOCOc1c(C(=O)OC)cc(C)c(OC)c1C/C=C(\C)C=O. The van der Waals surface area contributed by atoms with Crippen molar-refractivity contribution in [3.8, 4) is 11.5 Å². The number of allylic oxidation sites excluding steroid dienone is 2. The fourth-order valence-corrected chi connectivity index (χ4v) is 2.36. The Hall–Kier alpha value is -2.38. The van der Waals surface area contributed by atoms with Crippen LogP contribution >= 0.6 is 0 Å². The predicted molar refractivity (Wildman–Crippen MR) is 95.9 cm³/mol. The summed E-state index contributed by atoms with van der Waals surface area (Å²) in [6.45, 7) is 4.24. The molecule has 1 aromatic carbocycles. The molecule has 26 heavy (non-hydrogen) atoms. The monoisotopic (exact) mass is 366 g/mol. The van der Waals surface area contributed by atoms with Gasteiger partial charge in [-0.3, -0.25) is 4.79 Å². The molecule has 0 fully saturated rings. The maximum Gasteiger partial charge on any atom is 0.341 e. The largest absolute Gasteiger partial charge is 0.496 e. The van der Waals surface area contributed by atoms with E-state index in [0.29, 0.717) is 42.3 Å². The van der Waals surface area contributed by atoms with E-state index in [9.17, 15) is 9.59 Å². The van der Waals surface area contributed by atoms with Gasteiger partial charge in [-0.25, -0.2) is 4.79 Å². The Bertz CT molecular complexity index is 650. The molecule has 0 heterocycles. The van der Waals surface area contributed by atoms with Gasteiger partial charge in [0.2, 0.25) is 0 Å². The van der Waals surface area contributed by atoms with Crippen LogP contribution in [0.25, 0.3) is 0 Å². The minimum Gasteiger partial charge on any atom is -0.496 e. The van der Waals surface area contributed by atoms with Gasteiger partial charge in [-0.05, 0) is 37.5 Å². The third-order valence-electron chi connectivity index (χ3n) is 3.65. The molecule has 0 amide bonds. The van der Waals surface area contributed by atoms with E-state index in [2.05, 4.69) is 0 Å². The molecule has 1 aromatic rings. The number of esters is 1. The summed E-state index contributed by atoms with van der Waals surface area (Å²) in [4.78, 5) is 23.1. The Morgan fingerprint density at radius 3 is 2.46 bits per heavy atom. The Morgan fingerprint density at radius 1 is 1.15 bits per heavy atom. The minimum absolute atomic E-state index is 0.0665. The first-order valence-electron chi connectivity index (χ1n) is 8.10. The van der Waals surface area contributed by atoms with Crippen LogP contribution in [0.15, 0.2) is 17.7 Å². The molecule has 0 aliphatic rings. The van der Waals surface area contributed by atoms with E-state index in [1.807, 2.05) is 6.92 Å². The highest BCUT2D eigenvalue weighted by atomic mass is 16.7. The molecule has 0 atom stereocenters. The van der Waals surface area contributed by atoms with Crippen molar-refractivity contribution < 1.29 is 33.3 Å². The lowest BCUT2D eigenvalue weighted by Crippen LogP contribution is -2.13. The lowest BCUT2D eigenvalue weighted by Gasteiger charge is -2.19. The molecule has 1 rings (SSSR count). The van der Waals surface area contributed by atoms with E-state index in [0.717, 1.165) is 11.8 Å². The number of aryl methyl sites for hydroxylation is 1. The molecule has 0 saturated heterocycles. The van der Waals surface area contributed by atoms with Crippen molar-refractivity contribution >= 4 is 12.3 Å². The Balaban J connectivity index is 3.31. The van der Waals surface area contributed by atoms with Gasteiger partial charge in [0, 0.05) is 12.7 Å². The Labute approximate surface area is 153 Å². The second-order valence-electron chi connectivity index (χ2n) is 5.51. The molecular weight excluding hydrogens is 340 g/mol. The van der Waals surface area contributed by atoms with Crippen molar-refractivity contribution in [2.45, 2.75) is 20.3 Å². The van der Waals surface area contributed by atoms with Crippen molar-refractivity contribution in [2.75, 3.05) is 41.3 Å². The summed E-state index contributed by atoms with van der Waals surface area (Å²) in [5.41, 5.74) is 2.24. The number of carbonyl (C=O) groups excluding carboxylic acids is 2. The summed E-state index contributed by atoms with van der Waals surface area (Å²) in [7, 11) is 4.42. The van der Waals surface area contributed by atoms with Crippen molar-refractivity contribution in [2.24, 2.45) is 0 Å². The van der Waals surface area contributed by atoms with Crippen molar-refractivity contribution in [3.63, 3.8) is 0 Å². The number of aldehydes is 1. The summed E-state index contributed by atoms with van der Waals surface area (Å²) in [5, 5.41) is 0. The summed E-state index contributed by atoms with van der Waals surface area (Å²) in [6, 6.07) is 1.65. The van der Waals surface area contributed by atoms with E-state index in [1.54, 1.807) is 33.3 Å². The minimum atomic E-state index is -0.528. The van der Waals surface area contributed by atoms with Gasteiger partial charge in [0.05, 0.1) is 27.4 Å². The van der Waals surface area contributed by atoms with E-state index < -0.39 is 5.97 Å². The number of ether oxygens (including phenoxy) is 5. The van der Waals surface area contributed by atoms with Gasteiger partial charge in [0.25, 0.3) is 0 Å². The molecule has 7 heteroatoms. The maximum atomic E-state index is 12.2. The highest BCUT2D eigenvalue weighted by Gasteiger charge is 2.23. The molecule has 0 unspecified atom stereocenters. The van der Waals surface area contributed by atoms with Crippen LogP contribution in [-0.4, -0.2) is 53.6 Å². The number of hydrogen-bond donors (Lipinski definition) is 0. The molecular formula is C19H26O7. The highest BCUT2D eigenvalue weighted by Crippen LogP contribution is 2.37. The molecule has 144 valence electrons. The quantitative estimate of drug-likeness (QED) is 0.196. The summed E-state index contributed by atoms with van der Waals surface area (Å²) < 4.78 is 26.3. The molecule has 0 radical (unpaired) electrons. The third-order valence-corrected chi connectivity index (χ3v) is 3.65. The van der Waals surface area contributed by atoms with Gasteiger partial charge in [-0.2, -0.15) is 0 Å². The van der Waals surface area contributed by atoms with Gasteiger partial charge in [-0.15, -0.1) is 0 Å². The average molecular weight is 366 g/mol. The topological polar surface area (TPSA) is 80.3 Å². The summed E-state index contributed by atoms with van der Waals surface area (Å²) in [6.07, 6.45) is 2.86. The molecule has 0 saturated carbocycles. The van der Waals surface area contributed by atoms with Crippen molar-refractivity contribution in [3.05, 3.63) is 34.4 Å². The van der Waals surface area contributed by atoms with Gasteiger partial charge in [0.1, 0.15) is 23.3 Å². The smallest absolute Gasteiger partial charge is 0.341 e. The van der Waals surface area contributed by atoms with Gasteiger partial charge in [0.15, 0.2) is 6.79 Å². The molecule has 0 bridgehead atoms. The van der Waals surface area contributed by atoms with Crippen LogP contribution in [-0.2, 0) is 25.4 Å². The van der Waals surface area contributed by atoms with Gasteiger partial charge >= 0.3 is 5.97 Å². The summed E-state index contributed by atoms with van der Waals surface area (Å²) in [5.74, 6) is 0.367. The lowest BCUT2D eigenvalue weighted by molar-refractivity contribution is -0.104. The molecule has 0 N–H and O–H groups in total. The third kappa shape index (κ3) is 5.86. The zero-order valence-corrected chi connectivity index (χ0v) is 15.9. The number of methoxy groups -OCH3 is 3. The van der Waals surface area contributed by atoms with Crippen LogP contribution in [0.1, 0.15) is 28.4 Å². The first-order valence-corrected chi connectivity index (χ1v) is 8.10. The number of rotatable bonds is 11. The maximum absolute atomic E-state index is 12.2. The first kappa shape index (κ1) is 21.7. The van der Waals surface area contributed by atoms with Crippen LogP contribution in [0.3, 0.4) is 0 Å². The number of carbonyl (C=O) groups is 2. The van der Waals surface area contributed by atoms with Crippen molar-refractivity contribution in [1.29, 1.82) is 0 Å². The molecule has 0 spiro atoms. The Kier molecular flexibility index (Phi) is 9.40. The standard InChI is InChI=1S/C19H26O7/c1-13(11-20)6-7-15-17(23-4)14(2)10-16(19(21)24-5)18(15)26-12-25-9-8-22-3/h6,10-11H,7-9,12H2,1-5H3/b13-6+. The van der Waals surface area contributed by atoms with Crippen molar-refractivity contribution in [1.82, 2.24) is 0 Å². The normalized spacial score (nSPS) is 11.2. The lowest BCUT2D eigenvalue weighted by atomic mass is 9.99. The predicted octanol–water partition coefficient (Wildman–Crippen LogP) is 2.48. The zero-order chi connectivity index (χ0) is 19.5. The summed E-state index contributed by atoms with van der Waals surface area (Å²) >= 11 is 0. The molecule has 0 aromatic heterocycles. The van der Waals surface area contributed by atoms with Crippen LogP contribution in [0.4, 0.5) is 0 Å². The van der Waals surface area contributed by atoms with Crippen LogP contribution in [0, 0.1) is 6.92 Å². The van der Waals surface area contributed by atoms with Crippen LogP contribution in [0.2, 0.25) is 0 Å². The molecule has 0 aliphatic heterocycles. The second kappa shape index (κ2) is 11.3. The Morgan fingerprint density at radius 2 is 1.88 bits per heavy atom. The molecule has 7 nitrogen and oxygen atoms in total. The second-order valence-corrected chi connectivity index (χ2v) is 5.51.